The highest BCUT2D eigenvalue weighted by Crippen LogP contribution is 2.34. The summed E-state index contributed by atoms with van der Waals surface area (Å²) < 4.78 is 5.61. The third-order valence-corrected chi connectivity index (χ3v) is 5.85. The van der Waals surface area contributed by atoms with Gasteiger partial charge in [-0.1, -0.05) is 23.4 Å². The van der Waals surface area contributed by atoms with Crippen molar-refractivity contribution in [3.63, 3.8) is 0 Å². The zero-order valence-corrected chi connectivity index (χ0v) is 16.0. The topological polar surface area (TPSA) is 117 Å². The molecule has 148 valence electrons. The van der Waals surface area contributed by atoms with Crippen molar-refractivity contribution in [2.24, 2.45) is 0 Å². The van der Waals surface area contributed by atoms with Crippen LogP contribution in [-0.2, 0) is 19.5 Å². The summed E-state index contributed by atoms with van der Waals surface area (Å²) in [4.78, 5) is 15.8. The molecule has 0 radical (unpaired) electrons. The van der Waals surface area contributed by atoms with Crippen LogP contribution in [0.1, 0.15) is 28.2 Å². The molecule has 2 N–H and O–H groups in total. The number of benzene rings is 1. The van der Waals surface area contributed by atoms with E-state index in [9.17, 15) is 5.21 Å². The number of fused-ring (bicyclic) bond motifs is 1. The van der Waals surface area contributed by atoms with E-state index in [1.54, 1.807) is 29.8 Å². The molecular formula is C19H17N6O3S-. The lowest BCUT2D eigenvalue weighted by Crippen LogP contribution is -2.34. The summed E-state index contributed by atoms with van der Waals surface area (Å²) >= 11 is 1.71. The number of imidazole rings is 1. The van der Waals surface area contributed by atoms with Crippen molar-refractivity contribution in [3.05, 3.63) is 75.5 Å². The molecule has 0 saturated carbocycles. The van der Waals surface area contributed by atoms with Gasteiger partial charge in [0.05, 0.1) is 29.4 Å². The molecule has 0 aliphatic carbocycles. The standard InChI is InChI=1S/C19H17N6O3S/c26-25(27)13-4-1-3-12(7-13)18-22-19(28-23-18)17-8-15-16(21-11-20-15)10-24(17)9-14-5-2-6-29-14/h1-7,11,17,26H,8-10H2,(H,20,21)/q-1. The van der Waals surface area contributed by atoms with E-state index >= 15 is 0 Å². The van der Waals surface area contributed by atoms with Gasteiger partial charge < -0.3 is 19.9 Å². The first-order chi connectivity index (χ1) is 14.2. The van der Waals surface area contributed by atoms with Gasteiger partial charge in [-0.2, -0.15) is 4.98 Å². The summed E-state index contributed by atoms with van der Waals surface area (Å²) in [7, 11) is 0. The Kier molecular flexibility index (Phi) is 4.60. The van der Waals surface area contributed by atoms with Gasteiger partial charge in [-0.05, 0) is 23.6 Å². The average Bonchev–Trinajstić information content (AvgIpc) is 3.49. The summed E-state index contributed by atoms with van der Waals surface area (Å²) in [6.07, 6.45) is 2.38. The second-order valence-electron chi connectivity index (χ2n) is 6.81. The first-order valence-corrected chi connectivity index (χ1v) is 9.93. The fraction of sp³-hybridized carbons (Fsp3) is 0.211. The Hall–Kier alpha value is -3.05. The van der Waals surface area contributed by atoms with Gasteiger partial charge in [-0.3, -0.25) is 10.1 Å². The van der Waals surface area contributed by atoms with Crippen LogP contribution in [0.25, 0.3) is 11.4 Å². The molecule has 10 heteroatoms. The lowest BCUT2D eigenvalue weighted by molar-refractivity contribution is 0.129. The Labute approximate surface area is 169 Å². The third-order valence-electron chi connectivity index (χ3n) is 4.99. The Morgan fingerprint density at radius 3 is 3.10 bits per heavy atom. The molecule has 1 unspecified atom stereocenters. The number of thiophene rings is 1. The second-order valence-corrected chi connectivity index (χ2v) is 7.84. The quantitative estimate of drug-likeness (QED) is 0.481. The summed E-state index contributed by atoms with van der Waals surface area (Å²) in [6.45, 7) is 1.48. The number of nitrogens with zero attached hydrogens (tertiary/aromatic N) is 5. The number of H-pyrrole nitrogens is 1. The van der Waals surface area contributed by atoms with Crippen molar-refractivity contribution in [1.29, 1.82) is 0 Å². The maximum absolute atomic E-state index is 11.2. The highest BCUT2D eigenvalue weighted by Gasteiger charge is 2.33. The Morgan fingerprint density at radius 2 is 2.28 bits per heavy atom. The van der Waals surface area contributed by atoms with Gasteiger partial charge in [0.25, 0.3) is 0 Å². The number of anilines is 1. The van der Waals surface area contributed by atoms with Gasteiger partial charge in [0.2, 0.25) is 11.7 Å². The van der Waals surface area contributed by atoms with E-state index in [1.165, 1.54) is 17.0 Å². The predicted molar refractivity (Wildman–Crippen MR) is 106 cm³/mol. The normalized spacial score (nSPS) is 16.7. The molecule has 0 amide bonds. The minimum absolute atomic E-state index is 0.104. The van der Waals surface area contributed by atoms with Gasteiger partial charge >= 0.3 is 0 Å². The maximum atomic E-state index is 11.2. The molecule has 5 rings (SSSR count). The van der Waals surface area contributed by atoms with Gasteiger partial charge in [-0.15, -0.1) is 11.3 Å². The molecular weight excluding hydrogens is 392 g/mol. The van der Waals surface area contributed by atoms with Crippen LogP contribution in [0.3, 0.4) is 0 Å². The van der Waals surface area contributed by atoms with Crippen LogP contribution in [0.5, 0.6) is 0 Å². The third kappa shape index (κ3) is 3.54. The predicted octanol–water partition coefficient (Wildman–Crippen LogP) is 3.51. The Balaban J connectivity index is 1.46. The van der Waals surface area contributed by atoms with Crippen molar-refractivity contribution < 1.29 is 9.73 Å². The zero-order valence-electron chi connectivity index (χ0n) is 15.2. The second kappa shape index (κ2) is 7.41. The number of hydrogen-bond acceptors (Lipinski definition) is 9. The number of rotatable bonds is 5. The van der Waals surface area contributed by atoms with E-state index in [2.05, 4.69) is 36.5 Å². The molecule has 1 aromatic carbocycles. The highest BCUT2D eigenvalue weighted by molar-refractivity contribution is 7.09. The van der Waals surface area contributed by atoms with Gasteiger partial charge in [0.15, 0.2) is 0 Å². The monoisotopic (exact) mass is 409 g/mol. The van der Waals surface area contributed by atoms with Crippen molar-refractivity contribution in [2.75, 3.05) is 5.23 Å². The summed E-state index contributed by atoms with van der Waals surface area (Å²) in [6, 6.07) is 10.5. The highest BCUT2D eigenvalue weighted by atomic mass is 32.1. The van der Waals surface area contributed by atoms with Gasteiger partial charge in [-0.25, -0.2) is 4.98 Å². The fourth-order valence-electron chi connectivity index (χ4n) is 3.55. The van der Waals surface area contributed by atoms with E-state index in [0.717, 1.165) is 17.9 Å². The van der Waals surface area contributed by atoms with Gasteiger partial charge in [0.1, 0.15) is 0 Å². The molecule has 0 saturated heterocycles. The summed E-state index contributed by atoms with van der Waals surface area (Å²) in [5.74, 6) is 0.867. The molecule has 1 aliphatic heterocycles. The lowest BCUT2D eigenvalue weighted by atomic mass is 10.0. The van der Waals surface area contributed by atoms with E-state index in [0.29, 0.717) is 30.2 Å². The summed E-state index contributed by atoms with van der Waals surface area (Å²) in [5, 5.41) is 26.3. The average molecular weight is 409 g/mol. The van der Waals surface area contributed by atoms with Crippen molar-refractivity contribution >= 4 is 17.0 Å². The number of hydrogen-bond donors (Lipinski definition) is 2. The van der Waals surface area contributed by atoms with Crippen molar-refractivity contribution in [2.45, 2.75) is 25.6 Å². The molecule has 4 aromatic rings. The molecule has 3 aromatic heterocycles. The first-order valence-electron chi connectivity index (χ1n) is 9.05. The molecule has 29 heavy (non-hydrogen) atoms. The molecule has 4 heterocycles. The van der Waals surface area contributed by atoms with E-state index in [1.807, 2.05) is 6.07 Å². The van der Waals surface area contributed by atoms with Crippen LogP contribution >= 0.6 is 11.3 Å². The maximum Gasteiger partial charge on any atom is 0.244 e. The minimum Gasteiger partial charge on any atom is -0.733 e. The largest absolute Gasteiger partial charge is 0.733 e. The van der Waals surface area contributed by atoms with Crippen molar-refractivity contribution in [1.82, 2.24) is 25.0 Å². The van der Waals surface area contributed by atoms with Crippen LogP contribution in [0.4, 0.5) is 5.69 Å². The Morgan fingerprint density at radius 1 is 1.34 bits per heavy atom. The van der Waals surface area contributed by atoms with Crippen LogP contribution < -0.4 is 5.23 Å². The zero-order chi connectivity index (χ0) is 19.8. The number of nitrogens with one attached hydrogen (secondary N) is 1. The van der Waals surface area contributed by atoms with Crippen LogP contribution in [0, 0.1) is 5.21 Å². The van der Waals surface area contributed by atoms with Crippen LogP contribution in [0.15, 0.2) is 52.6 Å². The molecule has 0 bridgehead atoms. The molecule has 0 fully saturated rings. The number of aromatic amines is 1. The van der Waals surface area contributed by atoms with E-state index in [4.69, 9.17) is 9.73 Å². The fourth-order valence-corrected chi connectivity index (χ4v) is 4.28. The first kappa shape index (κ1) is 18.0. The summed E-state index contributed by atoms with van der Waals surface area (Å²) in [5.41, 5.74) is 2.80. The van der Waals surface area contributed by atoms with E-state index in [-0.39, 0.29) is 17.0 Å². The van der Waals surface area contributed by atoms with Gasteiger partial charge in [0, 0.05) is 30.0 Å². The van der Waals surface area contributed by atoms with Crippen LogP contribution in [0.2, 0.25) is 0 Å². The molecule has 1 aliphatic rings. The van der Waals surface area contributed by atoms with E-state index < -0.39 is 0 Å². The smallest absolute Gasteiger partial charge is 0.244 e. The number of aromatic nitrogens is 4. The Bertz CT molecular complexity index is 1110. The lowest BCUT2D eigenvalue weighted by Gasteiger charge is -2.32. The SMILES string of the molecule is [O-]N(O)c1cccc(-c2noc(C3Cc4nc[nH]c4CN3Cc3cccs3)n2)c1. The molecule has 9 nitrogen and oxygen atoms in total. The minimum atomic E-state index is -0.187. The van der Waals surface area contributed by atoms with Crippen molar-refractivity contribution in [3.8, 4) is 11.4 Å². The molecule has 0 spiro atoms. The molecule has 1 atom stereocenters. The van der Waals surface area contributed by atoms with Crippen LogP contribution in [-0.4, -0.2) is 30.2 Å².